The van der Waals surface area contributed by atoms with Gasteiger partial charge in [-0.1, -0.05) is 19.1 Å². The minimum absolute atomic E-state index is 0.363. The van der Waals surface area contributed by atoms with Crippen LogP contribution >= 0.6 is 0 Å². The summed E-state index contributed by atoms with van der Waals surface area (Å²) in [7, 11) is 0. The SMILES string of the molecule is Cc1cccc2oc(C3(N)CCC(C)CC3)nc12. The van der Waals surface area contributed by atoms with E-state index in [1.165, 1.54) is 0 Å². The minimum atomic E-state index is -0.363. The molecule has 0 spiro atoms. The number of fused-ring (bicyclic) bond motifs is 1. The van der Waals surface area contributed by atoms with Gasteiger partial charge in [-0.2, -0.15) is 0 Å². The second-order valence-corrected chi connectivity index (χ2v) is 5.78. The summed E-state index contributed by atoms with van der Waals surface area (Å²) >= 11 is 0. The number of para-hydroxylation sites is 1. The maximum Gasteiger partial charge on any atom is 0.215 e. The molecule has 1 heterocycles. The molecule has 2 N–H and O–H groups in total. The molecule has 2 aromatic rings. The topological polar surface area (TPSA) is 52.0 Å². The Kier molecular flexibility index (Phi) is 2.67. The van der Waals surface area contributed by atoms with Gasteiger partial charge < -0.3 is 10.2 Å². The Labute approximate surface area is 107 Å². The third kappa shape index (κ3) is 1.83. The maximum atomic E-state index is 6.50. The zero-order valence-electron chi connectivity index (χ0n) is 11.1. The number of nitrogens with two attached hydrogens (primary N) is 1. The average molecular weight is 244 g/mol. The van der Waals surface area contributed by atoms with E-state index in [0.717, 1.165) is 54.2 Å². The fourth-order valence-corrected chi connectivity index (χ4v) is 2.79. The first kappa shape index (κ1) is 11.7. The molecular weight excluding hydrogens is 224 g/mol. The zero-order valence-corrected chi connectivity index (χ0v) is 11.1. The van der Waals surface area contributed by atoms with E-state index in [1.807, 2.05) is 12.1 Å². The Morgan fingerprint density at radius 1 is 1.33 bits per heavy atom. The van der Waals surface area contributed by atoms with Crippen molar-refractivity contribution >= 4 is 11.1 Å². The van der Waals surface area contributed by atoms with Crippen molar-refractivity contribution in [2.75, 3.05) is 0 Å². The number of rotatable bonds is 1. The predicted molar refractivity (Wildman–Crippen MR) is 72.2 cm³/mol. The molecule has 1 fully saturated rings. The van der Waals surface area contributed by atoms with Gasteiger partial charge in [0.25, 0.3) is 0 Å². The lowest BCUT2D eigenvalue weighted by atomic mass is 9.78. The number of aryl methyl sites for hydroxylation is 1. The molecule has 1 aromatic heterocycles. The quantitative estimate of drug-likeness (QED) is 0.835. The fraction of sp³-hybridized carbons (Fsp3) is 0.533. The highest BCUT2D eigenvalue weighted by molar-refractivity contribution is 5.76. The monoisotopic (exact) mass is 244 g/mol. The molecule has 0 bridgehead atoms. The lowest BCUT2D eigenvalue weighted by Crippen LogP contribution is -2.40. The second kappa shape index (κ2) is 4.09. The Balaban J connectivity index is 2.01. The highest BCUT2D eigenvalue weighted by Crippen LogP contribution is 2.38. The summed E-state index contributed by atoms with van der Waals surface area (Å²) in [5.41, 5.74) is 9.10. The molecule has 0 unspecified atom stereocenters. The van der Waals surface area contributed by atoms with Crippen molar-refractivity contribution < 1.29 is 4.42 Å². The normalized spacial score (nSPS) is 28.7. The predicted octanol–water partition coefficient (Wildman–Crippen LogP) is 3.50. The average Bonchev–Trinajstić information content (AvgIpc) is 2.79. The standard InChI is InChI=1S/C15H20N2O/c1-10-6-8-15(16,9-7-10)14-17-13-11(2)4-3-5-12(13)18-14/h3-5,10H,6-9,16H2,1-2H3. The molecule has 1 aliphatic rings. The smallest absolute Gasteiger partial charge is 0.215 e. The molecule has 0 aliphatic heterocycles. The van der Waals surface area contributed by atoms with Crippen LogP contribution in [0.4, 0.5) is 0 Å². The number of aromatic nitrogens is 1. The first-order valence-corrected chi connectivity index (χ1v) is 6.74. The van der Waals surface area contributed by atoms with Crippen LogP contribution in [0, 0.1) is 12.8 Å². The summed E-state index contributed by atoms with van der Waals surface area (Å²) in [4.78, 5) is 4.64. The molecule has 96 valence electrons. The summed E-state index contributed by atoms with van der Waals surface area (Å²) < 4.78 is 5.89. The van der Waals surface area contributed by atoms with Crippen molar-refractivity contribution in [2.45, 2.75) is 45.1 Å². The van der Waals surface area contributed by atoms with Crippen LogP contribution in [0.2, 0.25) is 0 Å². The zero-order chi connectivity index (χ0) is 12.8. The van der Waals surface area contributed by atoms with Gasteiger partial charge in [0, 0.05) is 0 Å². The van der Waals surface area contributed by atoms with Gasteiger partial charge in [0.2, 0.25) is 5.89 Å². The molecule has 0 atom stereocenters. The van der Waals surface area contributed by atoms with E-state index in [9.17, 15) is 0 Å². The molecule has 1 saturated carbocycles. The molecule has 1 aliphatic carbocycles. The summed E-state index contributed by atoms with van der Waals surface area (Å²) in [6.45, 7) is 4.34. The number of hydrogen-bond acceptors (Lipinski definition) is 3. The first-order chi connectivity index (χ1) is 8.58. The van der Waals surface area contributed by atoms with E-state index in [-0.39, 0.29) is 5.54 Å². The van der Waals surface area contributed by atoms with Gasteiger partial charge in [0.05, 0.1) is 5.54 Å². The number of oxazole rings is 1. The molecule has 3 rings (SSSR count). The summed E-state index contributed by atoms with van der Waals surface area (Å²) in [5.74, 6) is 1.49. The largest absolute Gasteiger partial charge is 0.439 e. The van der Waals surface area contributed by atoms with Crippen LogP contribution in [0.25, 0.3) is 11.1 Å². The molecule has 0 saturated heterocycles. The van der Waals surface area contributed by atoms with Crippen LogP contribution < -0.4 is 5.73 Å². The van der Waals surface area contributed by atoms with Crippen LogP contribution in [0.5, 0.6) is 0 Å². The lowest BCUT2D eigenvalue weighted by Gasteiger charge is -2.33. The van der Waals surface area contributed by atoms with E-state index in [1.54, 1.807) is 0 Å². The third-order valence-corrected chi connectivity index (χ3v) is 4.21. The second-order valence-electron chi connectivity index (χ2n) is 5.78. The van der Waals surface area contributed by atoms with Gasteiger partial charge in [-0.15, -0.1) is 0 Å². The summed E-state index contributed by atoms with van der Waals surface area (Å²) in [6.07, 6.45) is 4.27. The van der Waals surface area contributed by atoms with Gasteiger partial charge in [0.15, 0.2) is 5.58 Å². The fourth-order valence-electron chi connectivity index (χ4n) is 2.79. The van der Waals surface area contributed by atoms with Gasteiger partial charge in [0.1, 0.15) is 5.52 Å². The summed E-state index contributed by atoms with van der Waals surface area (Å²) in [6, 6.07) is 6.02. The van der Waals surface area contributed by atoms with Gasteiger partial charge in [-0.3, -0.25) is 0 Å². The number of nitrogens with zero attached hydrogens (tertiary/aromatic N) is 1. The van der Waals surface area contributed by atoms with E-state index in [2.05, 4.69) is 24.9 Å². The van der Waals surface area contributed by atoms with E-state index < -0.39 is 0 Å². The van der Waals surface area contributed by atoms with Crippen LogP contribution in [-0.2, 0) is 5.54 Å². The Hall–Kier alpha value is -1.35. The van der Waals surface area contributed by atoms with E-state index >= 15 is 0 Å². The third-order valence-electron chi connectivity index (χ3n) is 4.21. The number of benzene rings is 1. The van der Waals surface area contributed by atoms with Crippen LogP contribution in [0.15, 0.2) is 22.6 Å². The van der Waals surface area contributed by atoms with Crippen LogP contribution in [0.1, 0.15) is 44.1 Å². The maximum absolute atomic E-state index is 6.50. The number of hydrogen-bond donors (Lipinski definition) is 1. The molecule has 0 amide bonds. The lowest BCUT2D eigenvalue weighted by molar-refractivity contribution is 0.209. The van der Waals surface area contributed by atoms with Crippen molar-refractivity contribution in [2.24, 2.45) is 11.7 Å². The van der Waals surface area contributed by atoms with Crippen LogP contribution in [0.3, 0.4) is 0 Å². The van der Waals surface area contributed by atoms with Crippen molar-refractivity contribution in [3.63, 3.8) is 0 Å². The van der Waals surface area contributed by atoms with E-state index in [4.69, 9.17) is 10.2 Å². The molecule has 18 heavy (non-hydrogen) atoms. The first-order valence-electron chi connectivity index (χ1n) is 6.74. The van der Waals surface area contributed by atoms with Crippen molar-refractivity contribution in [1.82, 2.24) is 4.98 Å². The molecular formula is C15H20N2O. The highest BCUT2D eigenvalue weighted by Gasteiger charge is 2.36. The van der Waals surface area contributed by atoms with Gasteiger partial charge in [-0.25, -0.2) is 4.98 Å². The highest BCUT2D eigenvalue weighted by atomic mass is 16.4. The minimum Gasteiger partial charge on any atom is -0.439 e. The molecule has 3 nitrogen and oxygen atoms in total. The molecule has 1 aromatic carbocycles. The molecule has 3 heteroatoms. The Morgan fingerprint density at radius 2 is 2.06 bits per heavy atom. The van der Waals surface area contributed by atoms with Crippen molar-refractivity contribution in [3.8, 4) is 0 Å². The molecule has 0 radical (unpaired) electrons. The van der Waals surface area contributed by atoms with Crippen molar-refractivity contribution in [1.29, 1.82) is 0 Å². The Bertz CT molecular complexity index is 565. The Morgan fingerprint density at radius 3 is 2.72 bits per heavy atom. The van der Waals surface area contributed by atoms with Crippen molar-refractivity contribution in [3.05, 3.63) is 29.7 Å². The van der Waals surface area contributed by atoms with E-state index in [0.29, 0.717) is 0 Å². The van der Waals surface area contributed by atoms with Gasteiger partial charge in [-0.05, 0) is 50.2 Å². The summed E-state index contributed by atoms with van der Waals surface area (Å²) in [5, 5.41) is 0. The van der Waals surface area contributed by atoms with Gasteiger partial charge >= 0.3 is 0 Å². The van der Waals surface area contributed by atoms with Crippen LogP contribution in [-0.4, -0.2) is 4.98 Å².